The summed E-state index contributed by atoms with van der Waals surface area (Å²) >= 11 is 0. The van der Waals surface area contributed by atoms with Gasteiger partial charge in [0.2, 0.25) is 59.1 Å². The highest BCUT2D eigenvalue weighted by atomic mass is 16.3. The third-order valence-corrected chi connectivity index (χ3v) is 16.9. The molecule has 0 bridgehead atoms. The number of hydrogen-bond donors (Lipinski definition) is 17. The number of aliphatic hydroxyl groups excluding tert-OH is 1. The predicted molar refractivity (Wildman–Crippen MR) is 370 cm³/mol. The fourth-order valence-electron chi connectivity index (χ4n) is 11.4. The maximum absolute atomic E-state index is 14.9. The summed E-state index contributed by atoms with van der Waals surface area (Å²) in [4.78, 5) is 175. The number of nitrogens with two attached hydrogens (primary N) is 2. The van der Waals surface area contributed by atoms with E-state index in [1.165, 1.54) is 57.1 Å². The maximum Gasteiger partial charge on any atom is 0.261 e. The number of nitrogens with zero attached hydrogens (tertiary/aromatic N) is 5. The number of imidazole rings is 1. The number of hydrogen-bond acceptors (Lipinski definition) is 18. The van der Waals surface area contributed by atoms with E-state index < -0.39 is 138 Å². The van der Waals surface area contributed by atoms with E-state index in [2.05, 4.69) is 82.9 Å². The summed E-state index contributed by atoms with van der Waals surface area (Å²) in [6.07, 6.45) is 2.73. The molecule has 100 heavy (non-hydrogen) atoms. The number of carbonyl (C=O) groups excluding carboxylic acids is 10. The number of benzene rings is 3. The molecule has 0 aliphatic carbocycles. The van der Waals surface area contributed by atoms with Crippen molar-refractivity contribution >= 4 is 92.5 Å². The summed E-state index contributed by atoms with van der Waals surface area (Å²) in [5, 5.41) is 55.3. The van der Waals surface area contributed by atoms with Gasteiger partial charge >= 0.3 is 0 Å². The molecule has 538 valence electrons. The molecule has 0 saturated carbocycles. The second kappa shape index (κ2) is 36.0. The van der Waals surface area contributed by atoms with Crippen molar-refractivity contribution in [3.8, 4) is 5.75 Å². The Hall–Kier alpha value is -11.0. The normalized spacial score (nSPS) is 15.2. The topological polar surface area (TPSA) is 493 Å². The Bertz CT molecular complexity index is 3920. The molecule has 1 fully saturated rings. The number of para-hydroxylation sites is 1. The number of aromatic hydroxyl groups is 1. The van der Waals surface area contributed by atoms with Crippen molar-refractivity contribution in [2.24, 2.45) is 23.3 Å². The number of fused-ring (bicyclic) bond motifs is 2. The number of carbonyl (C=O) groups is 10. The smallest absolute Gasteiger partial charge is 0.261 e. The zero-order valence-corrected chi connectivity index (χ0v) is 57.0. The van der Waals surface area contributed by atoms with Gasteiger partial charge in [0.05, 0.1) is 41.8 Å². The highest BCUT2D eigenvalue weighted by molar-refractivity contribution is 6.00. The van der Waals surface area contributed by atoms with Gasteiger partial charge in [0.25, 0.3) is 5.56 Å². The van der Waals surface area contributed by atoms with E-state index in [0.717, 1.165) is 36.4 Å². The molecule has 1 saturated heterocycles. The van der Waals surface area contributed by atoms with Crippen molar-refractivity contribution < 1.29 is 58.2 Å². The van der Waals surface area contributed by atoms with Crippen LogP contribution in [0.4, 0.5) is 5.69 Å². The van der Waals surface area contributed by atoms with E-state index in [1.807, 2.05) is 13.1 Å². The zero-order chi connectivity index (χ0) is 72.9. The summed E-state index contributed by atoms with van der Waals surface area (Å²) in [5.41, 5.74) is 13.9. The van der Waals surface area contributed by atoms with Gasteiger partial charge in [0.15, 0.2) is 5.96 Å². The monoisotopic (exact) mass is 1380 g/mol. The highest BCUT2D eigenvalue weighted by Crippen LogP contribution is 2.23. The number of aromatic amines is 2. The molecule has 7 rings (SSSR count). The molecule has 9 atom stereocenters. The van der Waals surface area contributed by atoms with Crippen LogP contribution in [0.5, 0.6) is 5.75 Å². The Morgan fingerprint density at radius 2 is 1.25 bits per heavy atom. The summed E-state index contributed by atoms with van der Waals surface area (Å²) in [6, 6.07) is 6.11. The number of amides is 10. The van der Waals surface area contributed by atoms with Crippen LogP contribution in [0, 0.1) is 17.2 Å². The molecule has 33 heteroatoms. The molecular weight excluding hydrogens is 1290 g/mol. The number of piperazine rings is 1. The van der Waals surface area contributed by atoms with Gasteiger partial charge in [0, 0.05) is 88.0 Å². The molecule has 3 aromatic carbocycles. The van der Waals surface area contributed by atoms with E-state index in [9.17, 15) is 63.0 Å². The number of nitrogens with one attached hydrogen (secondary N) is 13. The van der Waals surface area contributed by atoms with Crippen LogP contribution < -0.4 is 75.1 Å². The molecule has 1 aliphatic heterocycles. The van der Waals surface area contributed by atoms with Crippen molar-refractivity contribution in [1.82, 2.24) is 82.6 Å². The minimum Gasteiger partial charge on any atom is -0.508 e. The predicted octanol–water partition coefficient (Wildman–Crippen LogP) is -2.37. The Balaban J connectivity index is 1.12. The van der Waals surface area contributed by atoms with Gasteiger partial charge in [-0.3, -0.25) is 62.7 Å². The third-order valence-electron chi connectivity index (χ3n) is 16.9. The number of likely N-dealkylation sites (N-methyl/N-ethyl adjacent to an activating group) is 2. The van der Waals surface area contributed by atoms with Gasteiger partial charge in [-0.15, -0.1) is 0 Å². The maximum atomic E-state index is 14.9. The molecule has 3 aromatic heterocycles. The molecule has 1 aliphatic rings. The first-order valence-corrected chi connectivity index (χ1v) is 33.0. The Morgan fingerprint density at radius 1 is 0.650 bits per heavy atom. The molecule has 0 spiro atoms. The lowest BCUT2D eigenvalue weighted by Gasteiger charge is -2.34. The number of H-pyrrole nitrogens is 2. The summed E-state index contributed by atoms with van der Waals surface area (Å²) in [7, 11) is 3.35. The average molecular weight is 1390 g/mol. The Morgan fingerprint density at radius 3 is 1.87 bits per heavy atom. The van der Waals surface area contributed by atoms with Crippen LogP contribution in [0.3, 0.4) is 0 Å². The van der Waals surface area contributed by atoms with Gasteiger partial charge in [0.1, 0.15) is 60.6 Å². The Labute approximate surface area is 576 Å². The number of rotatable bonds is 35. The minimum atomic E-state index is -1.80. The number of primary amides is 1. The largest absolute Gasteiger partial charge is 0.508 e. The molecule has 10 amide bonds. The summed E-state index contributed by atoms with van der Waals surface area (Å²) in [5.74, 6) is -10.5. The zero-order valence-electron chi connectivity index (χ0n) is 57.0. The second-order valence-electron chi connectivity index (χ2n) is 25.6. The van der Waals surface area contributed by atoms with Crippen LogP contribution in [0.1, 0.15) is 77.1 Å². The van der Waals surface area contributed by atoms with Crippen LogP contribution >= 0.6 is 0 Å². The number of phenolic OH excluding ortho intramolecular Hbond substituents is 1. The van der Waals surface area contributed by atoms with Crippen LogP contribution in [-0.4, -0.2) is 206 Å². The first kappa shape index (κ1) is 76.4. The third kappa shape index (κ3) is 22.0. The number of aliphatic hydroxyl groups is 1. The van der Waals surface area contributed by atoms with Crippen molar-refractivity contribution in [2.75, 3.05) is 51.7 Å². The number of phenols is 1. The van der Waals surface area contributed by atoms with Gasteiger partial charge in [-0.1, -0.05) is 58.0 Å². The summed E-state index contributed by atoms with van der Waals surface area (Å²) in [6.45, 7) is 10.7. The van der Waals surface area contributed by atoms with Gasteiger partial charge < -0.3 is 94.6 Å². The summed E-state index contributed by atoms with van der Waals surface area (Å²) < 4.78 is 1.12. The number of guanidine groups is 1. The van der Waals surface area contributed by atoms with Crippen molar-refractivity contribution in [1.29, 1.82) is 5.41 Å². The van der Waals surface area contributed by atoms with E-state index in [-0.39, 0.29) is 73.8 Å². The first-order valence-electron chi connectivity index (χ1n) is 33.0. The molecule has 33 nitrogen and oxygen atoms in total. The minimum absolute atomic E-state index is 0.0737. The van der Waals surface area contributed by atoms with Crippen LogP contribution in [0.25, 0.3) is 21.8 Å². The number of anilines is 1. The lowest BCUT2D eigenvalue weighted by molar-refractivity contribution is -0.137. The van der Waals surface area contributed by atoms with Crippen LogP contribution in [0.15, 0.2) is 96.6 Å². The van der Waals surface area contributed by atoms with E-state index in [0.29, 0.717) is 27.5 Å². The van der Waals surface area contributed by atoms with E-state index in [1.54, 1.807) is 70.3 Å². The standard InChI is InChI=1S/C67H92N20O13/c1-36(2)25-49(59(93)82-53(30-54(68)90)62(96)80-51(27-40-31-74-46-12-9-8-11-44(40)46)63(97)83-56(37(3)4)65(99)84-57(38(5)88)64(98)71-6)78-60(94)50(26-39-14-17-43(89)18-15-39)79-61(95)52(28-41-32-72-34-75-41)81-58(92)48(13-10-20-73-67(69)70)77-55(91)33-87-35-76-47-19-16-42(29-45(47)66(87)100)86-23-21-85(7)22-24-86/h8-9,11-12,14-19,29,31-32,34-38,48-53,56-57,74,88-89H,10,13,20-28,30,33H2,1-7H3,(H2,68,90)(H,71,98)(H,72,75)(H,77,91)(H,78,94)(H,79,95)(H,80,96)(H,81,92)(H,82,93)(H,83,97)(H,84,99)(H4,69,70,73)/t38-,48+,49?,50+,51?,52?,53+,56+,57+/m1/s1. The first-order chi connectivity index (χ1) is 47.6. The molecule has 3 unspecified atom stereocenters. The van der Waals surface area contributed by atoms with Gasteiger partial charge in [-0.05, 0) is 92.6 Å². The lowest BCUT2D eigenvalue weighted by Crippen LogP contribution is -2.62. The van der Waals surface area contributed by atoms with Crippen molar-refractivity contribution in [3.63, 3.8) is 0 Å². The fourth-order valence-corrected chi connectivity index (χ4v) is 11.4. The fraction of sp³-hybridized carbons (Fsp3) is 0.463. The Kier molecular flexibility index (Phi) is 27.5. The van der Waals surface area contributed by atoms with Gasteiger partial charge in [-0.2, -0.15) is 0 Å². The SMILES string of the molecule is CNC(=O)[C@@H](NC(=O)[C@@H](NC(=O)C(Cc1c[nH]c2ccccc12)NC(=O)[C@H](CC(N)=O)NC(=O)C(CC(C)C)NC(=O)[C@H](Cc1ccc(O)cc1)NC(=O)C(Cc1c[nH]cn1)NC(=O)[C@H](CCCNC(=N)N)NC(=O)Cn1cnc2ccc(N3CCN(C)CC3)cc2c1=O)C(C)C)[C@@H](C)O. The van der Waals surface area contributed by atoms with Crippen LogP contribution in [-0.2, 0) is 73.8 Å². The quantitative estimate of drug-likeness (QED) is 0.0112. The average Bonchev–Trinajstić information content (AvgIpc) is 0.838. The van der Waals surface area contributed by atoms with E-state index in [4.69, 9.17) is 16.9 Å². The molecule has 6 aromatic rings. The highest BCUT2D eigenvalue weighted by Gasteiger charge is 2.38. The molecule has 0 radical (unpaired) electrons. The molecular formula is C67H92N20O13. The number of aromatic nitrogens is 5. The van der Waals surface area contributed by atoms with Gasteiger partial charge in [-0.25, -0.2) is 9.97 Å². The van der Waals surface area contributed by atoms with Crippen molar-refractivity contribution in [3.05, 3.63) is 119 Å². The van der Waals surface area contributed by atoms with E-state index >= 15 is 0 Å². The second-order valence-corrected chi connectivity index (χ2v) is 25.6. The van der Waals surface area contributed by atoms with Crippen LogP contribution in [0.2, 0.25) is 0 Å². The van der Waals surface area contributed by atoms with Crippen molar-refractivity contribution in [2.45, 2.75) is 141 Å². The molecule has 4 heterocycles. The lowest BCUT2D eigenvalue weighted by atomic mass is 9.99. The molecule has 19 N–H and O–H groups in total.